The number of nitrogens with one attached hydrogen (secondary N) is 2. The Morgan fingerprint density at radius 2 is 2.00 bits per heavy atom. The third-order valence-electron chi connectivity index (χ3n) is 3.12. The minimum atomic E-state index is -0.517. The number of hydrogen-bond donors (Lipinski definition) is 2. The maximum Gasteiger partial charge on any atom is 0.261 e. The van der Waals surface area contributed by atoms with Crippen molar-refractivity contribution in [2.24, 2.45) is 0 Å². The Kier molecular flexibility index (Phi) is 7.54. The monoisotopic (exact) mass is 290 g/mol. The van der Waals surface area contributed by atoms with Gasteiger partial charge in [-0.2, -0.15) is 0 Å². The number of hydrogen-bond acceptors (Lipinski definition) is 3. The minimum absolute atomic E-state index is 0.139. The Morgan fingerprint density at radius 1 is 1.33 bits per heavy atom. The molecule has 0 saturated carbocycles. The summed E-state index contributed by atoms with van der Waals surface area (Å²) in [5, 5.41) is 6.10. The Hall–Kier alpha value is -1.81. The molecule has 0 bridgehead atoms. The summed E-state index contributed by atoms with van der Waals surface area (Å²) in [5.74, 6) is 0.566. The third kappa shape index (κ3) is 6.45. The minimum Gasteiger partial charge on any atom is -0.481 e. The van der Waals surface area contributed by atoms with Gasteiger partial charge >= 0.3 is 0 Å². The second-order valence-electron chi connectivity index (χ2n) is 5.10. The molecular weight excluding hydrogens is 264 g/mol. The van der Waals surface area contributed by atoms with Gasteiger partial charge in [0.15, 0.2) is 6.10 Å². The summed E-state index contributed by atoms with van der Waals surface area (Å²) in [4.78, 5) is 11.7. The van der Waals surface area contributed by atoms with Gasteiger partial charge in [-0.3, -0.25) is 4.79 Å². The summed E-state index contributed by atoms with van der Waals surface area (Å²) in [6.07, 6.45) is 2.10. The standard InChI is InChI=1S/C17H26N2O2/c1-5-11-19-17(20)14(4)21-16-9-7-15(8-10-16)12-13(3)18-6-2/h5,7-10,13-14,18H,1,6,11-12H2,2-4H3,(H,19,20). The van der Waals surface area contributed by atoms with Gasteiger partial charge in [-0.15, -0.1) is 6.58 Å². The van der Waals surface area contributed by atoms with Crippen LogP contribution in [0.15, 0.2) is 36.9 Å². The van der Waals surface area contributed by atoms with Crippen LogP contribution in [0.2, 0.25) is 0 Å². The smallest absolute Gasteiger partial charge is 0.261 e. The van der Waals surface area contributed by atoms with Crippen LogP contribution in [0.5, 0.6) is 5.75 Å². The molecule has 0 heterocycles. The molecular formula is C17H26N2O2. The molecule has 0 fully saturated rings. The molecule has 0 spiro atoms. The number of ether oxygens (including phenoxy) is 1. The Labute approximate surface area is 127 Å². The van der Waals surface area contributed by atoms with Gasteiger partial charge in [0, 0.05) is 12.6 Å². The van der Waals surface area contributed by atoms with Crippen LogP contribution < -0.4 is 15.4 Å². The summed E-state index contributed by atoms with van der Waals surface area (Å²) < 4.78 is 5.62. The van der Waals surface area contributed by atoms with Gasteiger partial charge in [0.25, 0.3) is 5.91 Å². The third-order valence-corrected chi connectivity index (χ3v) is 3.12. The quantitative estimate of drug-likeness (QED) is 0.686. The lowest BCUT2D eigenvalue weighted by atomic mass is 10.1. The van der Waals surface area contributed by atoms with E-state index >= 15 is 0 Å². The van der Waals surface area contributed by atoms with Crippen LogP contribution in [0.3, 0.4) is 0 Å². The van der Waals surface area contributed by atoms with Crippen LogP contribution in [-0.4, -0.2) is 31.1 Å². The summed E-state index contributed by atoms with van der Waals surface area (Å²) in [7, 11) is 0. The molecule has 0 saturated heterocycles. The predicted molar refractivity (Wildman–Crippen MR) is 86.6 cm³/mol. The topological polar surface area (TPSA) is 50.4 Å². The van der Waals surface area contributed by atoms with Gasteiger partial charge in [-0.1, -0.05) is 25.1 Å². The molecule has 2 unspecified atom stereocenters. The second kappa shape index (κ2) is 9.19. The molecule has 0 radical (unpaired) electrons. The van der Waals surface area contributed by atoms with Crippen LogP contribution in [0.25, 0.3) is 0 Å². The molecule has 1 amide bonds. The second-order valence-corrected chi connectivity index (χ2v) is 5.10. The highest BCUT2D eigenvalue weighted by Gasteiger charge is 2.13. The van der Waals surface area contributed by atoms with Crippen molar-refractivity contribution >= 4 is 5.91 Å². The van der Waals surface area contributed by atoms with Crippen molar-refractivity contribution in [3.8, 4) is 5.75 Å². The molecule has 0 aliphatic rings. The highest BCUT2D eigenvalue weighted by Crippen LogP contribution is 2.15. The van der Waals surface area contributed by atoms with E-state index in [4.69, 9.17) is 4.74 Å². The fourth-order valence-electron chi connectivity index (χ4n) is 2.05. The molecule has 21 heavy (non-hydrogen) atoms. The fourth-order valence-corrected chi connectivity index (χ4v) is 2.05. The zero-order valence-electron chi connectivity index (χ0n) is 13.2. The summed E-state index contributed by atoms with van der Waals surface area (Å²) in [6.45, 7) is 11.0. The molecule has 1 aromatic rings. The molecule has 2 atom stereocenters. The van der Waals surface area contributed by atoms with Gasteiger partial charge in [0.05, 0.1) is 0 Å². The Balaban J connectivity index is 2.50. The van der Waals surface area contributed by atoms with Crippen molar-refractivity contribution in [3.05, 3.63) is 42.5 Å². The van der Waals surface area contributed by atoms with Crippen LogP contribution >= 0.6 is 0 Å². The first-order valence-corrected chi connectivity index (χ1v) is 7.44. The number of carbonyl (C=O) groups excluding carboxylic acids is 1. The van der Waals surface area contributed by atoms with E-state index in [9.17, 15) is 4.79 Å². The SMILES string of the molecule is C=CCNC(=O)C(C)Oc1ccc(CC(C)NCC)cc1. The van der Waals surface area contributed by atoms with E-state index in [1.54, 1.807) is 13.0 Å². The molecule has 0 aliphatic heterocycles. The van der Waals surface area contributed by atoms with E-state index in [0.29, 0.717) is 18.3 Å². The number of rotatable bonds is 9. The molecule has 2 N–H and O–H groups in total. The lowest BCUT2D eigenvalue weighted by Crippen LogP contribution is -2.36. The Morgan fingerprint density at radius 3 is 2.57 bits per heavy atom. The van der Waals surface area contributed by atoms with E-state index in [-0.39, 0.29) is 5.91 Å². The van der Waals surface area contributed by atoms with Gasteiger partial charge in [-0.05, 0) is 44.5 Å². The molecule has 116 valence electrons. The van der Waals surface area contributed by atoms with Gasteiger partial charge < -0.3 is 15.4 Å². The van der Waals surface area contributed by atoms with Gasteiger partial charge in [0.2, 0.25) is 0 Å². The van der Waals surface area contributed by atoms with E-state index in [1.165, 1.54) is 5.56 Å². The van der Waals surface area contributed by atoms with E-state index in [0.717, 1.165) is 13.0 Å². The largest absolute Gasteiger partial charge is 0.481 e. The molecule has 4 nitrogen and oxygen atoms in total. The Bertz CT molecular complexity index is 443. The molecule has 0 aromatic heterocycles. The van der Waals surface area contributed by atoms with E-state index in [2.05, 4.69) is 31.1 Å². The van der Waals surface area contributed by atoms with Crippen LogP contribution in [0.4, 0.5) is 0 Å². The van der Waals surface area contributed by atoms with Crippen molar-refractivity contribution in [3.63, 3.8) is 0 Å². The van der Waals surface area contributed by atoms with Crippen molar-refractivity contribution in [1.29, 1.82) is 0 Å². The first-order chi connectivity index (χ1) is 10.1. The van der Waals surface area contributed by atoms with Gasteiger partial charge in [-0.25, -0.2) is 0 Å². The predicted octanol–water partition coefficient (Wildman–Crippen LogP) is 2.30. The number of amides is 1. The highest BCUT2D eigenvalue weighted by molar-refractivity contribution is 5.80. The summed E-state index contributed by atoms with van der Waals surface area (Å²) in [6, 6.07) is 8.34. The number of benzene rings is 1. The average Bonchev–Trinajstić information content (AvgIpc) is 2.47. The molecule has 1 rings (SSSR count). The van der Waals surface area contributed by atoms with Crippen molar-refractivity contribution < 1.29 is 9.53 Å². The normalized spacial score (nSPS) is 13.3. The zero-order chi connectivity index (χ0) is 15.7. The van der Waals surface area contributed by atoms with Crippen LogP contribution in [0.1, 0.15) is 26.3 Å². The summed E-state index contributed by atoms with van der Waals surface area (Å²) >= 11 is 0. The van der Waals surface area contributed by atoms with Crippen molar-refractivity contribution in [2.45, 2.75) is 39.3 Å². The fraction of sp³-hybridized carbons (Fsp3) is 0.471. The maximum atomic E-state index is 11.7. The maximum absolute atomic E-state index is 11.7. The highest BCUT2D eigenvalue weighted by atomic mass is 16.5. The van der Waals surface area contributed by atoms with Gasteiger partial charge in [0.1, 0.15) is 5.75 Å². The average molecular weight is 290 g/mol. The van der Waals surface area contributed by atoms with Crippen molar-refractivity contribution in [1.82, 2.24) is 10.6 Å². The first kappa shape index (κ1) is 17.2. The first-order valence-electron chi connectivity index (χ1n) is 7.44. The van der Waals surface area contributed by atoms with Crippen LogP contribution in [-0.2, 0) is 11.2 Å². The molecule has 4 heteroatoms. The number of carbonyl (C=O) groups is 1. The van der Waals surface area contributed by atoms with Crippen LogP contribution in [0, 0.1) is 0 Å². The lowest BCUT2D eigenvalue weighted by Gasteiger charge is -2.15. The molecule has 0 aliphatic carbocycles. The molecule has 1 aromatic carbocycles. The number of likely N-dealkylation sites (N-methyl/N-ethyl adjacent to an activating group) is 1. The zero-order valence-corrected chi connectivity index (χ0v) is 13.2. The summed E-state index contributed by atoms with van der Waals surface area (Å²) in [5.41, 5.74) is 1.25. The lowest BCUT2D eigenvalue weighted by molar-refractivity contribution is -0.127. The van der Waals surface area contributed by atoms with E-state index in [1.807, 2.05) is 24.3 Å². The van der Waals surface area contributed by atoms with E-state index < -0.39 is 6.10 Å². The van der Waals surface area contributed by atoms with Crippen molar-refractivity contribution in [2.75, 3.05) is 13.1 Å².